The molecule has 2 N–H and O–H groups in total. The molecule has 0 bridgehead atoms. The normalized spacial score (nSPS) is 10.9. The summed E-state index contributed by atoms with van der Waals surface area (Å²) in [5.74, 6) is -1.91. The maximum absolute atomic E-state index is 13.2. The monoisotopic (exact) mass is 274 g/mol. The molecule has 0 fully saturated rings. The Balaban J connectivity index is 2.24. The highest BCUT2D eigenvalue weighted by Gasteiger charge is 2.09. The van der Waals surface area contributed by atoms with Crippen molar-refractivity contribution in [1.82, 2.24) is 9.97 Å². The van der Waals surface area contributed by atoms with Crippen LogP contribution in [0.1, 0.15) is 0 Å². The minimum atomic E-state index is -1.02. The van der Waals surface area contributed by atoms with Crippen LogP contribution in [0.3, 0.4) is 0 Å². The predicted octanol–water partition coefficient (Wildman–Crippen LogP) is 2.57. The Hall–Kier alpha value is -2.76. The van der Waals surface area contributed by atoms with Gasteiger partial charge >= 0.3 is 0 Å². The summed E-state index contributed by atoms with van der Waals surface area (Å²) in [6, 6.07) is 7.40. The first-order valence-electron chi connectivity index (χ1n) is 5.73. The summed E-state index contributed by atoms with van der Waals surface area (Å²) in [4.78, 5) is 18.5. The van der Waals surface area contributed by atoms with Crippen molar-refractivity contribution in [2.24, 2.45) is 0 Å². The van der Waals surface area contributed by atoms with Crippen molar-refractivity contribution in [2.45, 2.75) is 0 Å². The highest BCUT2D eigenvalue weighted by molar-refractivity contribution is 5.80. The van der Waals surface area contributed by atoms with Crippen LogP contribution in [0.15, 0.2) is 41.2 Å². The topological polar surface area (TPSA) is 66.0 Å². The quantitative estimate of drug-likeness (QED) is 0.716. The van der Waals surface area contributed by atoms with Gasteiger partial charge in [-0.3, -0.25) is 4.79 Å². The summed E-state index contributed by atoms with van der Waals surface area (Å²) in [6.07, 6.45) is 0. The van der Waals surface area contributed by atoms with Crippen LogP contribution in [0.5, 0.6) is 5.75 Å². The van der Waals surface area contributed by atoms with Crippen molar-refractivity contribution < 1.29 is 13.9 Å². The van der Waals surface area contributed by atoms with Gasteiger partial charge in [-0.1, -0.05) is 0 Å². The molecule has 0 aliphatic carbocycles. The van der Waals surface area contributed by atoms with Crippen molar-refractivity contribution in [3.05, 3.63) is 58.4 Å². The lowest BCUT2D eigenvalue weighted by atomic mass is 10.2. The predicted molar refractivity (Wildman–Crippen MR) is 69.4 cm³/mol. The molecule has 6 heteroatoms. The van der Waals surface area contributed by atoms with Crippen LogP contribution in [-0.4, -0.2) is 15.1 Å². The van der Waals surface area contributed by atoms with Crippen molar-refractivity contribution in [2.75, 3.05) is 0 Å². The highest BCUT2D eigenvalue weighted by Crippen LogP contribution is 2.20. The van der Waals surface area contributed by atoms with Gasteiger partial charge in [-0.15, -0.1) is 0 Å². The molecule has 100 valence electrons. The fourth-order valence-corrected chi connectivity index (χ4v) is 1.91. The largest absolute Gasteiger partial charge is 0.508 e. The third kappa shape index (κ3) is 2.01. The van der Waals surface area contributed by atoms with Crippen molar-refractivity contribution in [1.29, 1.82) is 0 Å². The van der Waals surface area contributed by atoms with Crippen molar-refractivity contribution in [3.63, 3.8) is 0 Å². The summed E-state index contributed by atoms with van der Waals surface area (Å²) < 4.78 is 26.1. The van der Waals surface area contributed by atoms with Gasteiger partial charge in [0.25, 0.3) is 5.56 Å². The van der Waals surface area contributed by atoms with Crippen LogP contribution >= 0.6 is 0 Å². The minimum Gasteiger partial charge on any atom is -0.508 e. The van der Waals surface area contributed by atoms with Crippen LogP contribution in [0.25, 0.3) is 22.3 Å². The molecule has 0 aliphatic rings. The van der Waals surface area contributed by atoms with Crippen LogP contribution in [0, 0.1) is 11.6 Å². The molecule has 2 aromatic carbocycles. The zero-order chi connectivity index (χ0) is 14.3. The van der Waals surface area contributed by atoms with Gasteiger partial charge in [0.1, 0.15) is 11.6 Å². The molecule has 0 saturated heterocycles. The maximum atomic E-state index is 13.2. The van der Waals surface area contributed by atoms with Crippen LogP contribution in [0.2, 0.25) is 0 Å². The molecule has 0 saturated carbocycles. The average Bonchev–Trinajstić information content (AvgIpc) is 2.42. The van der Waals surface area contributed by atoms with Gasteiger partial charge in [0.2, 0.25) is 0 Å². The van der Waals surface area contributed by atoms with Gasteiger partial charge in [-0.05, 0) is 36.4 Å². The van der Waals surface area contributed by atoms with Crippen LogP contribution < -0.4 is 5.56 Å². The Bertz CT molecular complexity index is 875. The minimum absolute atomic E-state index is 0.0506. The first-order chi connectivity index (χ1) is 9.54. The van der Waals surface area contributed by atoms with Crippen molar-refractivity contribution in [3.8, 4) is 17.1 Å². The van der Waals surface area contributed by atoms with E-state index in [2.05, 4.69) is 9.97 Å². The number of aromatic hydroxyl groups is 1. The Kier molecular flexibility index (Phi) is 2.71. The van der Waals surface area contributed by atoms with E-state index in [0.717, 1.165) is 12.1 Å². The molecule has 0 unspecified atom stereocenters. The second kappa shape index (κ2) is 4.41. The summed E-state index contributed by atoms with van der Waals surface area (Å²) in [7, 11) is 0. The molecule has 0 atom stereocenters. The van der Waals surface area contributed by atoms with Gasteiger partial charge in [-0.25, -0.2) is 13.8 Å². The Morgan fingerprint density at radius 3 is 2.60 bits per heavy atom. The number of hydrogen-bond donors (Lipinski definition) is 2. The zero-order valence-corrected chi connectivity index (χ0v) is 10.0. The number of aromatic nitrogens is 2. The molecule has 0 amide bonds. The van der Waals surface area contributed by atoms with Gasteiger partial charge in [0, 0.05) is 5.56 Å². The molecule has 4 nitrogen and oxygen atoms in total. The number of H-pyrrole nitrogens is 1. The Morgan fingerprint density at radius 2 is 1.85 bits per heavy atom. The number of rotatable bonds is 1. The van der Waals surface area contributed by atoms with E-state index in [1.165, 1.54) is 24.3 Å². The first-order valence-corrected chi connectivity index (χ1v) is 5.73. The number of phenolic OH excluding ortho intramolecular Hbond substituents is 1. The molecule has 3 aromatic rings. The van der Waals surface area contributed by atoms with Crippen molar-refractivity contribution >= 4 is 10.9 Å². The summed E-state index contributed by atoms with van der Waals surface area (Å²) in [6.45, 7) is 0. The lowest BCUT2D eigenvalue weighted by Gasteiger charge is -2.04. The number of nitrogens with one attached hydrogen (secondary N) is 1. The Labute approximate surface area is 111 Å². The SMILES string of the molecule is O=c1[nH]c(-c2ccc(F)c(F)c2)nc2ccc(O)cc12. The number of halogens is 2. The fourth-order valence-electron chi connectivity index (χ4n) is 1.91. The Morgan fingerprint density at radius 1 is 1.05 bits per heavy atom. The summed E-state index contributed by atoms with van der Waals surface area (Å²) >= 11 is 0. The zero-order valence-electron chi connectivity index (χ0n) is 10.0. The van der Waals surface area contributed by atoms with Gasteiger partial charge < -0.3 is 10.1 Å². The molecular formula is C14H8F2N2O2. The second-order valence-corrected chi connectivity index (χ2v) is 4.24. The molecule has 3 rings (SSSR count). The van der Waals surface area contributed by atoms with Gasteiger partial charge in [-0.2, -0.15) is 0 Å². The lowest BCUT2D eigenvalue weighted by Crippen LogP contribution is -2.09. The number of fused-ring (bicyclic) bond motifs is 1. The number of nitrogens with zero attached hydrogens (tertiary/aromatic N) is 1. The number of aromatic amines is 1. The lowest BCUT2D eigenvalue weighted by molar-refractivity contribution is 0.476. The molecule has 20 heavy (non-hydrogen) atoms. The maximum Gasteiger partial charge on any atom is 0.259 e. The number of benzene rings is 2. The van der Waals surface area contributed by atoms with E-state index in [-0.39, 0.29) is 22.5 Å². The number of phenols is 1. The molecule has 1 aromatic heterocycles. The summed E-state index contributed by atoms with van der Waals surface area (Å²) in [5, 5.41) is 9.55. The third-order valence-electron chi connectivity index (χ3n) is 2.88. The fraction of sp³-hybridized carbons (Fsp3) is 0. The van der Waals surface area contributed by atoms with E-state index in [0.29, 0.717) is 5.52 Å². The molecule has 0 spiro atoms. The average molecular weight is 274 g/mol. The molecule has 0 radical (unpaired) electrons. The standard InChI is InChI=1S/C14H8F2N2O2/c15-10-3-1-7(5-11(10)16)13-17-12-4-2-8(19)6-9(12)14(20)18-13/h1-6,19H,(H,17,18,20). The van der Waals surface area contributed by atoms with E-state index in [9.17, 15) is 18.7 Å². The first kappa shape index (κ1) is 12.3. The molecular weight excluding hydrogens is 266 g/mol. The number of hydrogen-bond acceptors (Lipinski definition) is 3. The van der Waals surface area contributed by atoms with E-state index in [4.69, 9.17) is 0 Å². The van der Waals surface area contributed by atoms with E-state index >= 15 is 0 Å². The van der Waals surface area contributed by atoms with E-state index in [1.807, 2.05) is 0 Å². The van der Waals surface area contributed by atoms with E-state index < -0.39 is 17.2 Å². The van der Waals surface area contributed by atoms with Gasteiger partial charge in [0.15, 0.2) is 11.6 Å². The highest BCUT2D eigenvalue weighted by atomic mass is 19.2. The van der Waals surface area contributed by atoms with Crippen LogP contribution in [-0.2, 0) is 0 Å². The molecule has 0 aliphatic heterocycles. The smallest absolute Gasteiger partial charge is 0.259 e. The second-order valence-electron chi connectivity index (χ2n) is 4.24. The third-order valence-corrected chi connectivity index (χ3v) is 2.88. The summed E-state index contributed by atoms with van der Waals surface area (Å²) in [5.41, 5.74) is 0.146. The van der Waals surface area contributed by atoms with E-state index in [1.54, 1.807) is 0 Å². The molecule has 1 heterocycles. The van der Waals surface area contributed by atoms with Gasteiger partial charge in [0.05, 0.1) is 10.9 Å². The van der Waals surface area contributed by atoms with Crippen LogP contribution in [0.4, 0.5) is 8.78 Å².